The number of thioether (sulfide) groups is 1. The van der Waals surface area contributed by atoms with E-state index in [0.29, 0.717) is 5.17 Å². The lowest BCUT2D eigenvalue weighted by molar-refractivity contribution is -0.127. The zero-order valence-electron chi connectivity index (χ0n) is 14.1. The first-order chi connectivity index (χ1) is 12.0. The Morgan fingerprint density at radius 2 is 1.84 bits per heavy atom. The van der Waals surface area contributed by atoms with Crippen molar-refractivity contribution in [2.24, 2.45) is 4.99 Å². The minimum Gasteiger partial charge on any atom is -0.326 e. The third kappa shape index (κ3) is 4.09. The van der Waals surface area contributed by atoms with E-state index in [-0.39, 0.29) is 18.2 Å². The summed E-state index contributed by atoms with van der Waals surface area (Å²) in [5.41, 5.74) is 2.55. The highest BCUT2D eigenvalue weighted by molar-refractivity contribution is 8.15. The number of amides is 2. The predicted molar refractivity (Wildman–Crippen MR) is 102 cm³/mol. The number of hydrogen-bond donors (Lipinski definition) is 1. The number of aryl methyl sites for hydroxylation is 1. The van der Waals surface area contributed by atoms with E-state index in [1.807, 2.05) is 61.5 Å². The van der Waals surface area contributed by atoms with E-state index < -0.39 is 5.25 Å². The topological polar surface area (TPSA) is 61.8 Å². The third-order valence-electron chi connectivity index (χ3n) is 3.91. The average Bonchev–Trinajstić information content (AvgIpc) is 2.86. The molecule has 25 heavy (non-hydrogen) atoms. The fourth-order valence-electron chi connectivity index (χ4n) is 2.49. The Bertz CT molecular complexity index is 820. The number of nitrogens with one attached hydrogen (secondary N) is 1. The summed E-state index contributed by atoms with van der Waals surface area (Å²) >= 11 is 1.33. The van der Waals surface area contributed by atoms with Crippen molar-refractivity contribution in [3.63, 3.8) is 0 Å². The summed E-state index contributed by atoms with van der Waals surface area (Å²) in [4.78, 5) is 30.7. The van der Waals surface area contributed by atoms with E-state index in [4.69, 9.17) is 0 Å². The van der Waals surface area contributed by atoms with Gasteiger partial charge in [-0.05, 0) is 30.7 Å². The number of aliphatic imine (C=N–C) groups is 1. The minimum absolute atomic E-state index is 0.0976. The van der Waals surface area contributed by atoms with Crippen LogP contribution >= 0.6 is 11.8 Å². The molecule has 0 saturated carbocycles. The summed E-state index contributed by atoms with van der Waals surface area (Å²) in [6, 6.07) is 17.0. The molecule has 1 atom stereocenters. The second kappa shape index (κ2) is 7.53. The molecule has 1 saturated heterocycles. The molecule has 128 valence electrons. The summed E-state index contributed by atoms with van der Waals surface area (Å²) in [6.45, 7) is 1.93. The Morgan fingerprint density at radius 1 is 1.16 bits per heavy atom. The number of amidine groups is 1. The van der Waals surface area contributed by atoms with Gasteiger partial charge in [0.05, 0.1) is 5.69 Å². The van der Waals surface area contributed by atoms with Crippen molar-refractivity contribution in [1.82, 2.24) is 4.90 Å². The van der Waals surface area contributed by atoms with Crippen LogP contribution in [0, 0.1) is 6.92 Å². The molecule has 0 bridgehead atoms. The van der Waals surface area contributed by atoms with Crippen molar-refractivity contribution in [1.29, 1.82) is 0 Å². The molecule has 0 aromatic heterocycles. The normalized spacial score (nSPS) is 18.6. The van der Waals surface area contributed by atoms with E-state index >= 15 is 0 Å². The van der Waals surface area contributed by atoms with Gasteiger partial charge in [-0.15, -0.1) is 0 Å². The van der Waals surface area contributed by atoms with Gasteiger partial charge >= 0.3 is 0 Å². The Hall–Kier alpha value is -2.60. The van der Waals surface area contributed by atoms with Crippen molar-refractivity contribution in [2.45, 2.75) is 18.6 Å². The molecule has 6 heteroatoms. The van der Waals surface area contributed by atoms with Gasteiger partial charge in [0.15, 0.2) is 5.17 Å². The summed E-state index contributed by atoms with van der Waals surface area (Å²) in [5.74, 6) is -0.269. The number of nitrogens with zero attached hydrogens (tertiary/aromatic N) is 2. The molecule has 2 amide bonds. The van der Waals surface area contributed by atoms with Gasteiger partial charge < -0.3 is 5.32 Å². The SMILES string of the molecule is Cc1ccccc1NC(=O)C[C@@H]1SC(=Nc2ccccc2)N(C)C1=O. The number of anilines is 1. The monoisotopic (exact) mass is 353 g/mol. The van der Waals surface area contributed by atoms with Crippen molar-refractivity contribution < 1.29 is 9.59 Å². The van der Waals surface area contributed by atoms with E-state index in [2.05, 4.69) is 10.3 Å². The molecule has 0 aliphatic carbocycles. The van der Waals surface area contributed by atoms with Gasteiger partial charge in [-0.2, -0.15) is 0 Å². The zero-order chi connectivity index (χ0) is 17.8. The molecule has 0 radical (unpaired) electrons. The highest BCUT2D eigenvalue weighted by atomic mass is 32.2. The summed E-state index contributed by atoms with van der Waals surface area (Å²) in [7, 11) is 1.69. The summed E-state index contributed by atoms with van der Waals surface area (Å²) in [5, 5.41) is 3.04. The molecule has 2 aromatic carbocycles. The minimum atomic E-state index is -0.448. The van der Waals surface area contributed by atoms with Gasteiger partial charge in [0.1, 0.15) is 5.25 Å². The molecular formula is C19H19N3O2S. The van der Waals surface area contributed by atoms with Crippen LogP contribution < -0.4 is 5.32 Å². The molecule has 1 fully saturated rings. The van der Waals surface area contributed by atoms with Gasteiger partial charge in [-0.1, -0.05) is 48.2 Å². The van der Waals surface area contributed by atoms with Crippen LogP contribution in [-0.2, 0) is 9.59 Å². The van der Waals surface area contributed by atoms with Crippen LogP contribution in [0.25, 0.3) is 0 Å². The highest BCUT2D eigenvalue weighted by Crippen LogP contribution is 2.30. The molecule has 1 aliphatic heterocycles. The van der Waals surface area contributed by atoms with Gasteiger partial charge in [0.2, 0.25) is 11.8 Å². The Morgan fingerprint density at radius 3 is 2.56 bits per heavy atom. The maximum absolute atomic E-state index is 12.4. The van der Waals surface area contributed by atoms with Gasteiger partial charge in [-0.25, -0.2) is 4.99 Å². The predicted octanol–water partition coefficient (Wildman–Crippen LogP) is 3.59. The lowest BCUT2D eigenvalue weighted by atomic mass is 10.2. The summed E-state index contributed by atoms with van der Waals surface area (Å²) in [6.07, 6.45) is 0.121. The van der Waals surface area contributed by atoms with Gasteiger partial charge in [0.25, 0.3) is 0 Å². The van der Waals surface area contributed by atoms with Crippen molar-refractivity contribution in [3.05, 3.63) is 60.2 Å². The first-order valence-corrected chi connectivity index (χ1v) is 8.86. The van der Waals surface area contributed by atoms with Crippen LogP contribution in [0.1, 0.15) is 12.0 Å². The molecule has 0 spiro atoms. The van der Waals surface area contributed by atoms with E-state index in [1.54, 1.807) is 7.05 Å². The fraction of sp³-hybridized carbons (Fsp3) is 0.211. The molecule has 2 aromatic rings. The standard InChI is InChI=1S/C19H19N3O2S/c1-13-8-6-7-11-15(13)21-17(23)12-16-18(24)22(2)19(25-16)20-14-9-4-3-5-10-14/h3-11,16H,12H2,1-2H3,(H,21,23)/t16-/m0/s1. The molecule has 3 rings (SSSR count). The fourth-order valence-corrected chi connectivity index (χ4v) is 3.65. The first-order valence-electron chi connectivity index (χ1n) is 7.98. The van der Waals surface area contributed by atoms with Gasteiger partial charge in [-0.3, -0.25) is 14.5 Å². The van der Waals surface area contributed by atoms with Crippen molar-refractivity contribution >= 4 is 40.1 Å². The number of benzene rings is 2. The second-order valence-corrected chi connectivity index (χ2v) is 6.97. The maximum atomic E-state index is 12.4. The van der Waals surface area contributed by atoms with Crippen molar-refractivity contribution in [3.8, 4) is 0 Å². The third-order valence-corrected chi connectivity index (χ3v) is 5.14. The van der Waals surface area contributed by atoms with Crippen LogP contribution in [0.2, 0.25) is 0 Å². The number of para-hydroxylation sites is 2. The lowest BCUT2D eigenvalue weighted by Gasteiger charge is -2.10. The highest BCUT2D eigenvalue weighted by Gasteiger charge is 2.37. The van der Waals surface area contributed by atoms with E-state index in [9.17, 15) is 9.59 Å². The Labute approximate surface area is 151 Å². The van der Waals surface area contributed by atoms with Crippen LogP contribution in [0.3, 0.4) is 0 Å². The zero-order valence-corrected chi connectivity index (χ0v) is 14.9. The Balaban J connectivity index is 1.67. The molecule has 5 nitrogen and oxygen atoms in total. The molecule has 1 N–H and O–H groups in total. The number of carbonyl (C=O) groups is 2. The molecule has 1 aliphatic rings. The van der Waals surface area contributed by atoms with E-state index in [1.165, 1.54) is 16.7 Å². The van der Waals surface area contributed by atoms with Crippen LogP contribution in [0.15, 0.2) is 59.6 Å². The molecular weight excluding hydrogens is 334 g/mol. The summed E-state index contributed by atoms with van der Waals surface area (Å²) < 4.78 is 0. The largest absolute Gasteiger partial charge is 0.326 e. The average molecular weight is 353 g/mol. The molecule has 1 heterocycles. The first kappa shape index (κ1) is 17.2. The smallest absolute Gasteiger partial charge is 0.242 e. The number of rotatable bonds is 4. The quantitative estimate of drug-likeness (QED) is 0.914. The lowest BCUT2D eigenvalue weighted by Crippen LogP contribution is -2.30. The van der Waals surface area contributed by atoms with Crippen molar-refractivity contribution in [2.75, 3.05) is 12.4 Å². The maximum Gasteiger partial charge on any atom is 0.242 e. The number of carbonyl (C=O) groups excluding carboxylic acids is 2. The molecule has 0 unspecified atom stereocenters. The van der Waals surface area contributed by atoms with E-state index in [0.717, 1.165) is 16.9 Å². The van der Waals surface area contributed by atoms with Crippen LogP contribution in [0.5, 0.6) is 0 Å². The van der Waals surface area contributed by atoms with Gasteiger partial charge in [0, 0.05) is 19.2 Å². The second-order valence-electron chi connectivity index (χ2n) is 5.80. The van der Waals surface area contributed by atoms with Crippen LogP contribution in [-0.4, -0.2) is 34.2 Å². The Kier molecular flexibility index (Phi) is 5.19. The van der Waals surface area contributed by atoms with Crippen LogP contribution in [0.4, 0.5) is 11.4 Å². The number of hydrogen-bond acceptors (Lipinski definition) is 4.